The molecule has 3 N–H and O–H groups in total. The van der Waals surface area contributed by atoms with Crippen LogP contribution in [-0.2, 0) is 14.4 Å². The van der Waals surface area contributed by atoms with Crippen LogP contribution in [0.25, 0.3) is 10.9 Å². The minimum absolute atomic E-state index is 0.0243. The van der Waals surface area contributed by atoms with Crippen molar-refractivity contribution >= 4 is 40.0 Å². The number of fused-ring (bicyclic) bond motifs is 2. The number of hydrogen-bond acceptors (Lipinski definition) is 3. The number of nitrogens with one attached hydrogen (secondary N) is 3. The molecule has 0 radical (unpaired) electrons. The van der Waals surface area contributed by atoms with Crippen LogP contribution in [0.4, 0.5) is 11.4 Å². The van der Waals surface area contributed by atoms with Crippen LogP contribution in [-0.4, -0.2) is 35.8 Å². The van der Waals surface area contributed by atoms with Gasteiger partial charge in [0.15, 0.2) is 0 Å². The minimum atomic E-state index is -0.251. The van der Waals surface area contributed by atoms with E-state index in [4.69, 9.17) is 0 Å². The summed E-state index contributed by atoms with van der Waals surface area (Å²) >= 11 is 0. The van der Waals surface area contributed by atoms with Gasteiger partial charge in [0, 0.05) is 42.4 Å². The minimum Gasteiger partial charge on any atom is -0.361 e. The number of anilines is 2. The number of benzene rings is 3. The number of H-pyrrole nitrogens is 1. The molecule has 1 aromatic heterocycles. The number of para-hydroxylation sites is 3. The predicted octanol–water partition coefficient (Wildman–Crippen LogP) is 4.18. The van der Waals surface area contributed by atoms with E-state index in [0.717, 1.165) is 22.0 Å². The molecule has 0 fully saturated rings. The molecule has 3 aromatic carbocycles. The monoisotopic (exact) mass is 466 g/mol. The van der Waals surface area contributed by atoms with E-state index < -0.39 is 0 Å². The quantitative estimate of drug-likeness (QED) is 0.381. The largest absolute Gasteiger partial charge is 0.361 e. The number of amides is 3. The van der Waals surface area contributed by atoms with E-state index in [1.165, 1.54) is 4.90 Å². The maximum atomic E-state index is 12.9. The summed E-state index contributed by atoms with van der Waals surface area (Å²) in [6, 6.07) is 25.3. The van der Waals surface area contributed by atoms with Crippen molar-refractivity contribution in [1.29, 1.82) is 0 Å². The average Bonchev–Trinajstić information content (AvgIpc) is 3.31. The Bertz CT molecular complexity index is 1380. The Labute approximate surface area is 203 Å². The average molecular weight is 467 g/mol. The van der Waals surface area contributed by atoms with Crippen LogP contribution < -0.4 is 15.5 Å². The zero-order chi connectivity index (χ0) is 24.2. The van der Waals surface area contributed by atoms with Crippen LogP contribution in [0, 0.1) is 0 Å². The van der Waals surface area contributed by atoms with Crippen LogP contribution >= 0.6 is 0 Å². The molecule has 1 aliphatic rings. The molecule has 1 aliphatic heterocycles. The molecular formula is C28H26N4O3. The van der Waals surface area contributed by atoms with E-state index in [-0.39, 0.29) is 43.0 Å². The third-order valence-corrected chi connectivity index (χ3v) is 6.34. The van der Waals surface area contributed by atoms with Crippen LogP contribution in [0.15, 0.2) is 85.1 Å². The third-order valence-electron chi connectivity index (χ3n) is 6.34. The third kappa shape index (κ3) is 4.80. The Morgan fingerprint density at radius 2 is 1.66 bits per heavy atom. The van der Waals surface area contributed by atoms with Crippen LogP contribution in [0.2, 0.25) is 0 Å². The molecule has 35 heavy (non-hydrogen) atoms. The first-order chi connectivity index (χ1) is 17.1. The number of rotatable bonds is 7. The van der Waals surface area contributed by atoms with Gasteiger partial charge in [-0.25, -0.2) is 0 Å². The molecular weight excluding hydrogens is 440 g/mol. The Morgan fingerprint density at radius 3 is 2.51 bits per heavy atom. The van der Waals surface area contributed by atoms with E-state index in [2.05, 4.69) is 33.8 Å². The SMILES string of the molecule is O=C(CCC(=O)N1CC(=O)Nc2ccccc21)NCC(c1ccccc1)c1c[nH]c2ccccc12. The maximum absolute atomic E-state index is 12.9. The predicted molar refractivity (Wildman–Crippen MR) is 136 cm³/mol. The van der Waals surface area contributed by atoms with Gasteiger partial charge in [0.2, 0.25) is 17.7 Å². The van der Waals surface area contributed by atoms with E-state index in [1.807, 2.05) is 48.7 Å². The van der Waals surface area contributed by atoms with Crippen molar-refractivity contribution in [2.45, 2.75) is 18.8 Å². The number of hydrogen-bond donors (Lipinski definition) is 3. The summed E-state index contributed by atoms with van der Waals surface area (Å²) in [7, 11) is 0. The molecule has 0 bridgehead atoms. The van der Waals surface area contributed by atoms with E-state index in [9.17, 15) is 14.4 Å². The molecule has 0 saturated heterocycles. The zero-order valence-electron chi connectivity index (χ0n) is 19.2. The zero-order valence-corrected chi connectivity index (χ0v) is 19.2. The lowest BCUT2D eigenvalue weighted by atomic mass is 9.91. The highest BCUT2D eigenvalue weighted by atomic mass is 16.2. The Kier molecular flexibility index (Phi) is 6.30. The first kappa shape index (κ1) is 22.4. The molecule has 3 amide bonds. The van der Waals surface area contributed by atoms with Gasteiger partial charge in [-0.1, -0.05) is 60.7 Å². The Hall–Kier alpha value is -4.39. The fraction of sp³-hybridized carbons (Fsp3) is 0.179. The highest BCUT2D eigenvalue weighted by Crippen LogP contribution is 2.31. The van der Waals surface area contributed by atoms with E-state index in [1.54, 1.807) is 18.2 Å². The molecule has 5 rings (SSSR count). The highest BCUT2D eigenvalue weighted by Gasteiger charge is 2.27. The molecule has 1 atom stereocenters. The molecule has 176 valence electrons. The van der Waals surface area contributed by atoms with Gasteiger partial charge in [-0.3, -0.25) is 14.4 Å². The number of aromatic nitrogens is 1. The summed E-state index contributed by atoms with van der Waals surface area (Å²) in [6.07, 6.45) is 2.07. The summed E-state index contributed by atoms with van der Waals surface area (Å²) in [6.45, 7) is 0.363. The fourth-order valence-electron chi connectivity index (χ4n) is 4.59. The molecule has 0 aliphatic carbocycles. The van der Waals surface area contributed by atoms with Crippen LogP contribution in [0.1, 0.15) is 29.9 Å². The summed E-state index contributed by atoms with van der Waals surface area (Å²) in [5, 5.41) is 6.91. The van der Waals surface area contributed by atoms with Gasteiger partial charge in [0.05, 0.1) is 11.4 Å². The van der Waals surface area contributed by atoms with Gasteiger partial charge < -0.3 is 20.5 Å². The van der Waals surface area contributed by atoms with Crippen molar-refractivity contribution in [1.82, 2.24) is 10.3 Å². The number of aromatic amines is 1. The Balaban J connectivity index is 1.25. The molecule has 0 spiro atoms. The molecule has 4 aromatic rings. The lowest BCUT2D eigenvalue weighted by Crippen LogP contribution is -2.42. The molecule has 7 nitrogen and oxygen atoms in total. The van der Waals surface area contributed by atoms with Crippen LogP contribution in [0.5, 0.6) is 0 Å². The lowest BCUT2D eigenvalue weighted by Gasteiger charge is -2.29. The first-order valence-electron chi connectivity index (χ1n) is 11.7. The second-order valence-electron chi connectivity index (χ2n) is 8.60. The van der Waals surface area contributed by atoms with Crippen molar-refractivity contribution in [3.05, 3.63) is 96.2 Å². The van der Waals surface area contributed by atoms with Gasteiger partial charge in [-0.05, 0) is 29.3 Å². The van der Waals surface area contributed by atoms with Gasteiger partial charge in [-0.2, -0.15) is 0 Å². The molecule has 7 heteroatoms. The van der Waals surface area contributed by atoms with Crippen molar-refractivity contribution in [3.63, 3.8) is 0 Å². The van der Waals surface area contributed by atoms with E-state index >= 15 is 0 Å². The van der Waals surface area contributed by atoms with Crippen molar-refractivity contribution < 1.29 is 14.4 Å². The second kappa shape index (κ2) is 9.85. The van der Waals surface area contributed by atoms with Crippen molar-refractivity contribution in [2.75, 3.05) is 23.3 Å². The van der Waals surface area contributed by atoms with Crippen molar-refractivity contribution in [3.8, 4) is 0 Å². The van der Waals surface area contributed by atoms with Crippen LogP contribution in [0.3, 0.4) is 0 Å². The summed E-state index contributed by atoms with van der Waals surface area (Å²) in [5.41, 5.74) is 4.52. The van der Waals surface area contributed by atoms with Gasteiger partial charge in [-0.15, -0.1) is 0 Å². The topological polar surface area (TPSA) is 94.3 Å². The second-order valence-corrected chi connectivity index (χ2v) is 8.60. The van der Waals surface area contributed by atoms with E-state index in [0.29, 0.717) is 17.9 Å². The molecule has 2 heterocycles. The number of nitrogens with zero attached hydrogens (tertiary/aromatic N) is 1. The van der Waals surface area contributed by atoms with Crippen molar-refractivity contribution in [2.24, 2.45) is 0 Å². The van der Waals surface area contributed by atoms with Gasteiger partial charge in [0.25, 0.3) is 0 Å². The first-order valence-corrected chi connectivity index (χ1v) is 11.7. The fourth-order valence-corrected chi connectivity index (χ4v) is 4.59. The highest BCUT2D eigenvalue weighted by molar-refractivity contribution is 6.10. The smallest absolute Gasteiger partial charge is 0.244 e. The van der Waals surface area contributed by atoms with Gasteiger partial charge >= 0.3 is 0 Å². The standard InChI is InChI=1S/C28H26N4O3/c33-26(14-15-28(35)32-18-27(34)31-24-12-6-7-13-25(24)32)30-16-21(19-8-2-1-3-9-19)22-17-29-23-11-5-4-10-20(22)23/h1-13,17,21,29H,14-16,18H2,(H,30,33)(H,31,34). The summed E-state index contributed by atoms with van der Waals surface area (Å²) in [5.74, 6) is -0.733. The summed E-state index contributed by atoms with van der Waals surface area (Å²) in [4.78, 5) is 42.4. The molecule has 0 saturated carbocycles. The lowest BCUT2D eigenvalue weighted by molar-refractivity contribution is -0.125. The summed E-state index contributed by atoms with van der Waals surface area (Å²) < 4.78 is 0. The normalized spacial score (nSPS) is 13.7. The maximum Gasteiger partial charge on any atom is 0.244 e. The Morgan fingerprint density at radius 1 is 0.914 bits per heavy atom. The molecule has 1 unspecified atom stereocenters. The van der Waals surface area contributed by atoms with Gasteiger partial charge in [0.1, 0.15) is 6.54 Å². The number of carbonyl (C=O) groups is 3. The number of carbonyl (C=O) groups excluding carboxylic acids is 3.